The molecule has 0 unspecified atom stereocenters. The monoisotopic (exact) mass is 305 g/mol. The Balaban J connectivity index is 2.39. The average Bonchev–Trinajstić information content (AvgIpc) is 2.45. The molecule has 2 amide bonds. The molecule has 0 saturated carbocycles. The molecular formula is C16H23N3O3. The van der Waals surface area contributed by atoms with Gasteiger partial charge in [0.25, 0.3) is 5.91 Å². The van der Waals surface area contributed by atoms with Crippen LogP contribution < -0.4 is 15.4 Å². The molecule has 0 fully saturated rings. The van der Waals surface area contributed by atoms with Gasteiger partial charge in [0, 0.05) is 38.7 Å². The van der Waals surface area contributed by atoms with Crippen molar-refractivity contribution in [2.45, 2.75) is 20.0 Å². The maximum Gasteiger partial charge on any atom is 0.257 e. The van der Waals surface area contributed by atoms with E-state index >= 15 is 0 Å². The van der Waals surface area contributed by atoms with Gasteiger partial charge in [0.1, 0.15) is 11.9 Å². The number of anilines is 1. The average molecular weight is 305 g/mol. The van der Waals surface area contributed by atoms with Crippen LogP contribution in [0.15, 0.2) is 18.2 Å². The molecule has 1 aromatic rings. The van der Waals surface area contributed by atoms with Crippen LogP contribution in [0.3, 0.4) is 0 Å². The summed E-state index contributed by atoms with van der Waals surface area (Å²) < 4.78 is 6.05. The predicted molar refractivity (Wildman–Crippen MR) is 85.2 cm³/mol. The third-order valence-electron chi connectivity index (χ3n) is 3.76. The van der Waals surface area contributed by atoms with Crippen LogP contribution in [-0.2, 0) is 4.79 Å². The normalized spacial score (nSPS) is 21.5. The van der Waals surface area contributed by atoms with Crippen molar-refractivity contribution in [3.05, 3.63) is 23.8 Å². The SMILES string of the molecule is CNC[C@@H]1Oc2ccc(NC(C)=O)cc2C(=O)N(C)C[C@H]1C. The quantitative estimate of drug-likeness (QED) is 0.884. The zero-order chi connectivity index (χ0) is 16.3. The molecule has 6 heteroatoms. The molecule has 6 nitrogen and oxygen atoms in total. The third kappa shape index (κ3) is 3.57. The lowest BCUT2D eigenvalue weighted by Crippen LogP contribution is -2.44. The minimum absolute atomic E-state index is 0.0223. The highest BCUT2D eigenvalue weighted by atomic mass is 16.5. The molecule has 22 heavy (non-hydrogen) atoms. The van der Waals surface area contributed by atoms with Gasteiger partial charge in [0.15, 0.2) is 0 Å². The first-order valence-corrected chi connectivity index (χ1v) is 7.40. The number of nitrogens with one attached hydrogen (secondary N) is 2. The van der Waals surface area contributed by atoms with Crippen LogP contribution in [0.4, 0.5) is 5.69 Å². The van der Waals surface area contributed by atoms with E-state index in [2.05, 4.69) is 17.6 Å². The fourth-order valence-corrected chi connectivity index (χ4v) is 2.64. The highest BCUT2D eigenvalue weighted by Gasteiger charge is 2.28. The van der Waals surface area contributed by atoms with Crippen molar-refractivity contribution >= 4 is 17.5 Å². The van der Waals surface area contributed by atoms with Crippen molar-refractivity contribution < 1.29 is 14.3 Å². The first-order chi connectivity index (χ1) is 10.4. The lowest BCUT2D eigenvalue weighted by Gasteiger charge is -2.32. The molecule has 0 bridgehead atoms. The first kappa shape index (κ1) is 16.3. The molecule has 2 N–H and O–H groups in total. The van der Waals surface area contributed by atoms with E-state index in [4.69, 9.17) is 4.74 Å². The summed E-state index contributed by atoms with van der Waals surface area (Å²) in [6.07, 6.45) is -0.0223. The van der Waals surface area contributed by atoms with Crippen LogP contribution >= 0.6 is 0 Å². The zero-order valence-electron chi connectivity index (χ0n) is 13.5. The number of amides is 2. The van der Waals surface area contributed by atoms with Gasteiger partial charge in [0.05, 0.1) is 5.56 Å². The Bertz CT molecular complexity index is 574. The van der Waals surface area contributed by atoms with Gasteiger partial charge in [-0.3, -0.25) is 9.59 Å². The standard InChI is InChI=1S/C16H23N3O3/c1-10-9-19(4)16(21)13-7-12(18-11(2)20)5-6-14(13)22-15(10)8-17-3/h5-7,10,15,17H,8-9H2,1-4H3,(H,18,20)/t10-,15+/m1/s1. The number of carbonyl (C=O) groups excluding carboxylic acids is 2. The Morgan fingerprint density at radius 1 is 1.45 bits per heavy atom. The van der Waals surface area contributed by atoms with Gasteiger partial charge in [-0.25, -0.2) is 0 Å². The summed E-state index contributed by atoms with van der Waals surface area (Å²) in [6, 6.07) is 5.16. The van der Waals surface area contributed by atoms with E-state index in [1.54, 1.807) is 30.1 Å². The molecule has 0 aromatic heterocycles. The Hall–Kier alpha value is -2.08. The Kier molecular flexibility index (Phi) is 5.03. The van der Waals surface area contributed by atoms with Gasteiger partial charge in [-0.15, -0.1) is 0 Å². The first-order valence-electron chi connectivity index (χ1n) is 7.40. The van der Waals surface area contributed by atoms with Crippen molar-refractivity contribution in [2.24, 2.45) is 5.92 Å². The molecule has 1 aliphatic heterocycles. The lowest BCUT2D eigenvalue weighted by atomic mass is 10.0. The van der Waals surface area contributed by atoms with Crippen LogP contribution in [-0.4, -0.2) is 50.0 Å². The molecule has 1 aromatic carbocycles. The summed E-state index contributed by atoms with van der Waals surface area (Å²) in [5.41, 5.74) is 1.07. The van der Waals surface area contributed by atoms with Crippen molar-refractivity contribution in [1.29, 1.82) is 0 Å². The molecule has 0 saturated heterocycles. The Morgan fingerprint density at radius 2 is 2.18 bits per heavy atom. The lowest BCUT2D eigenvalue weighted by molar-refractivity contribution is -0.114. The van der Waals surface area contributed by atoms with Crippen LogP contribution in [0.5, 0.6) is 5.75 Å². The molecule has 0 radical (unpaired) electrons. The van der Waals surface area contributed by atoms with E-state index in [0.717, 1.165) is 0 Å². The summed E-state index contributed by atoms with van der Waals surface area (Å²) in [6.45, 7) is 4.83. The van der Waals surface area contributed by atoms with Crippen molar-refractivity contribution in [2.75, 3.05) is 32.5 Å². The van der Waals surface area contributed by atoms with E-state index in [9.17, 15) is 9.59 Å². The number of benzene rings is 1. The van der Waals surface area contributed by atoms with Crippen LogP contribution in [0.25, 0.3) is 0 Å². The summed E-state index contributed by atoms with van der Waals surface area (Å²) in [7, 11) is 3.67. The number of rotatable bonds is 3. The largest absolute Gasteiger partial charge is 0.488 e. The smallest absolute Gasteiger partial charge is 0.257 e. The highest BCUT2D eigenvalue weighted by molar-refractivity contribution is 5.99. The van der Waals surface area contributed by atoms with Gasteiger partial charge < -0.3 is 20.3 Å². The molecule has 0 aliphatic carbocycles. The number of hydrogen-bond acceptors (Lipinski definition) is 4. The number of fused-ring (bicyclic) bond motifs is 1. The van der Waals surface area contributed by atoms with Crippen molar-refractivity contribution in [3.8, 4) is 5.75 Å². The molecule has 2 rings (SSSR count). The predicted octanol–water partition coefficient (Wildman–Crippen LogP) is 1.33. The molecule has 2 atom stereocenters. The van der Waals surface area contributed by atoms with Crippen LogP contribution in [0.2, 0.25) is 0 Å². The number of carbonyl (C=O) groups is 2. The van der Waals surface area contributed by atoms with E-state index < -0.39 is 0 Å². The van der Waals surface area contributed by atoms with Crippen LogP contribution in [0, 0.1) is 5.92 Å². The van der Waals surface area contributed by atoms with E-state index in [-0.39, 0.29) is 23.8 Å². The van der Waals surface area contributed by atoms with Crippen LogP contribution in [0.1, 0.15) is 24.2 Å². The fraction of sp³-hybridized carbons (Fsp3) is 0.500. The summed E-state index contributed by atoms with van der Waals surface area (Å²) in [5.74, 6) is 0.494. The Morgan fingerprint density at radius 3 is 2.82 bits per heavy atom. The maximum atomic E-state index is 12.6. The highest BCUT2D eigenvalue weighted by Crippen LogP contribution is 2.28. The van der Waals surface area contributed by atoms with E-state index in [1.165, 1.54) is 6.92 Å². The molecule has 0 spiro atoms. The molecular weight excluding hydrogens is 282 g/mol. The second-order valence-electron chi connectivity index (χ2n) is 5.77. The van der Waals surface area contributed by atoms with Gasteiger partial charge in [-0.2, -0.15) is 0 Å². The van der Waals surface area contributed by atoms with Gasteiger partial charge in [0.2, 0.25) is 5.91 Å². The van der Waals surface area contributed by atoms with E-state index in [0.29, 0.717) is 30.1 Å². The van der Waals surface area contributed by atoms with Gasteiger partial charge in [-0.1, -0.05) is 6.92 Å². The topological polar surface area (TPSA) is 70.7 Å². The molecule has 1 aliphatic rings. The molecule has 120 valence electrons. The second kappa shape index (κ2) is 6.79. The Labute approximate surface area is 130 Å². The number of hydrogen-bond donors (Lipinski definition) is 2. The minimum Gasteiger partial charge on any atom is -0.488 e. The summed E-state index contributed by atoms with van der Waals surface area (Å²) in [5, 5.41) is 5.82. The van der Waals surface area contributed by atoms with Crippen molar-refractivity contribution in [3.63, 3.8) is 0 Å². The number of ether oxygens (including phenoxy) is 1. The minimum atomic E-state index is -0.172. The summed E-state index contributed by atoms with van der Waals surface area (Å²) >= 11 is 0. The summed E-state index contributed by atoms with van der Waals surface area (Å²) in [4.78, 5) is 25.4. The van der Waals surface area contributed by atoms with E-state index in [1.807, 2.05) is 7.05 Å². The fourth-order valence-electron chi connectivity index (χ4n) is 2.64. The maximum absolute atomic E-state index is 12.6. The molecule has 1 heterocycles. The third-order valence-corrected chi connectivity index (χ3v) is 3.76. The number of likely N-dealkylation sites (N-methyl/N-ethyl adjacent to an activating group) is 1. The number of nitrogens with zero attached hydrogens (tertiary/aromatic N) is 1. The zero-order valence-corrected chi connectivity index (χ0v) is 13.5. The van der Waals surface area contributed by atoms with Gasteiger partial charge >= 0.3 is 0 Å². The van der Waals surface area contributed by atoms with Crippen molar-refractivity contribution in [1.82, 2.24) is 10.2 Å². The van der Waals surface area contributed by atoms with Gasteiger partial charge in [-0.05, 0) is 25.2 Å². The second-order valence-corrected chi connectivity index (χ2v) is 5.77.